The second-order valence-electron chi connectivity index (χ2n) is 7.72. The molecule has 1 aromatic carbocycles. The Kier molecular flexibility index (Phi) is 7.30. The number of carbonyl (C=O) groups is 2. The van der Waals surface area contributed by atoms with Gasteiger partial charge in [-0.2, -0.15) is 13.2 Å². The second kappa shape index (κ2) is 9.94. The minimum atomic E-state index is -5.14. The van der Waals surface area contributed by atoms with Gasteiger partial charge in [0.05, 0.1) is 0 Å². The van der Waals surface area contributed by atoms with E-state index in [0.29, 0.717) is 11.3 Å². The van der Waals surface area contributed by atoms with Crippen molar-refractivity contribution in [2.75, 3.05) is 4.90 Å². The zero-order valence-electron chi connectivity index (χ0n) is 17.4. The van der Waals surface area contributed by atoms with Crippen molar-refractivity contribution in [1.29, 1.82) is 0 Å². The molecule has 1 fully saturated rings. The van der Waals surface area contributed by atoms with Gasteiger partial charge in [-0.05, 0) is 54.7 Å². The fourth-order valence-electron chi connectivity index (χ4n) is 3.90. The van der Waals surface area contributed by atoms with E-state index < -0.39 is 24.0 Å². The summed E-state index contributed by atoms with van der Waals surface area (Å²) in [6, 6.07) is 7.56. The molecule has 5 nitrogen and oxygen atoms in total. The van der Waals surface area contributed by atoms with E-state index in [9.17, 15) is 22.8 Å². The summed E-state index contributed by atoms with van der Waals surface area (Å²) in [5.41, 5.74) is 1.19. The number of amides is 2. The van der Waals surface area contributed by atoms with Crippen LogP contribution >= 0.6 is 0 Å². The van der Waals surface area contributed by atoms with E-state index in [4.69, 9.17) is 0 Å². The van der Waals surface area contributed by atoms with E-state index in [0.717, 1.165) is 37.7 Å². The van der Waals surface area contributed by atoms with Gasteiger partial charge in [-0.3, -0.25) is 19.5 Å². The molecule has 3 rings (SSSR count). The highest BCUT2D eigenvalue weighted by molar-refractivity contribution is 6.03. The minimum absolute atomic E-state index is 0.0140. The van der Waals surface area contributed by atoms with Crippen molar-refractivity contribution >= 4 is 17.5 Å². The largest absolute Gasteiger partial charge is 0.471 e. The van der Waals surface area contributed by atoms with Crippen LogP contribution in [0.3, 0.4) is 0 Å². The van der Waals surface area contributed by atoms with Gasteiger partial charge in [0.25, 0.3) is 0 Å². The average Bonchev–Trinajstić information content (AvgIpc) is 2.77. The molecular weight excluding hydrogens is 407 g/mol. The molecule has 8 heteroatoms. The maximum Gasteiger partial charge on any atom is 0.471 e. The zero-order chi connectivity index (χ0) is 22.4. The van der Waals surface area contributed by atoms with Crippen LogP contribution < -0.4 is 10.2 Å². The number of nitrogens with one attached hydrogen (secondary N) is 1. The molecule has 31 heavy (non-hydrogen) atoms. The highest BCUT2D eigenvalue weighted by atomic mass is 19.4. The van der Waals surface area contributed by atoms with Gasteiger partial charge in [-0.25, -0.2) is 0 Å². The van der Waals surface area contributed by atoms with Crippen molar-refractivity contribution in [3.63, 3.8) is 0 Å². The lowest BCUT2D eigenvalue weighted by molar-refractivity contribution is -0.171. The lowest BCUT2D eigenvalue weighted by Crippen LogP contribution is -2.50. The van der Waals surface area contributed by atoms with Gasteiger partial charge < -0.3 is 5.32 Å². The molecule has 0 spiro atoms. The monoisotopic (exact) mass is 433 g/mol. The van der Waals surface area contributed by atoms with E-state index in [2.05, 4.69) is 10.3 Å². The highest BCUT2D eigenvalue weighted by Gasteiger charge is 2.47. The first-order chi connectivity index (χ1) is 14.8. The molecule has 1 aromatic heterocycles. The maximum atomic E-state index is 13.6. The summed E-state index contributed by atoms with van der Waals surface area (Å²) < 4.78 is 40.8. The predicted molar refractivity (Wildman–Crippen MR) is 111 cm³/mol. The van der Waals surface area contributed by atoms with Crippen LogP contribution in [0.2, 0.25) is 0 Å². The summed E-state index contributed by atoms with van der Waals surface area (Å²) >= 11 is 0. The predicted octanol–water partition coefficient (Wildman–Crippen LogP) is 4.73. The highest BCUT2D eigenvalue weighted by Crippen LogP contribution is 2.33. The number of aryl methyl sites for hydroxylation is 1. The SMILES string of the molecule is CCc1ccc(N(C(=O)C(F)(F)F)[C@@H](C(=O)NC2CCCCC2)c2ccncc2)cc1. The number of carbonyl (C=O) groups excluding carboxylic acids is 2. The topological polar surface area (TPSA) is 62.3 Å². The first-order valence-electron chi connectivity index (χ1n) is 10.5. The standard InChI is InChI=1S/C23H26F3N3O2/c1-2-16-8-10-19(11-9-16)29(22(31)23(24,25)26)20(17-12-14-27-15-13-17)21(30)28-18-6-4-3-5-7-18/h8-15,18,20H,2-7H2,1H3,(H,28,30)/t20-/m1/s1. The molecule has 0 aliphatic heterocycles. The Morgan fingerprint density at radius 3 is 2.23 bits per heavy atom. The van der Waals surface area contributed by atoms with Crippen LogP contribution in [-0.2, 0) is 16.0 Å². The number of hydrogen-bond donors (Lipinski definition) is 1. The van der Waals surface area contributed by atoms with E-state index in [1.165, 1.54) is 36.7 Å². The summed E-state index contributed by atoms with van der Waals surface area (Å²) in [6.45, 7) is 1.92. The molecule has 0 saturated heterocycles. The molecule has 1 aliphatic carbocycles. The molecule has 0 bridgehead atoms. The summed E-state index contributed by atoms with van der Waals surface area (Å²) in [6.07, 6.45) is 2.87. The lowest BCUT2D eigenvalue weighted by Gasteiger charge is -2.33. The van der Waals surface area contributed by atoms with Gasteiger partial charge in [0.1, 0.15) is 6.04 Å². The summed E-state index contributed by atoms with van der Waals surface area (Å²) in [5, 5.41) is 2.88. The molecule has 1 heterocycles. The Hall–Kier alpha value is -2.90. The molecule has 1 N–H and O–H groups in total. The molecule has 1 atom stereocenters. The Bertz CT molecular complexity index is 879. The van der Waals surface area contributed by atoms with Crippen LogP contribution in [0.5, 0.6) is 0 Å². The number of halogens is 3. The number of nitrogens with zero attached hydrogens (tertiary/aromatic N) is 2. The quantitative estimate of drug-likeness (QED) is 0.717. The van der Waals surface area contributed by atoms with Gasteiger partial charge >= 0.3 is 12.1 Å². The van der Waals surface area contributed by atoms with Gasteiger partial charge in [-0.15, -0.1) is 0 Å². The summed E-state index contributed by atoms with van der Waals surface area (Å²) in [5.74, 6) is -2.72. The Morgan fingerprint density at radius 2 is 1.68 bits per heavy atom. The van der Waals surface area contributed by atoms with Crippen LogP contribution in [0.15, 0.2) is 48.8 Å². The van der Waals surface area contributed by atoms with Crippen LogP contribution in [-0.4, -0.2) is 29.0 Å². The van der Waals surface area contributed by atoms with E-state index in [-0.39, 0.29) is 17.3 Å². The first kappa shape index (κ1) is 22.8. The minimum Gasteiger partial charge on any atom is -0.351 e. The van der Waals surface area contributed by atoms with Gasteiger partial charge in [0.2, 0.25) is 5.91 Å². The fourth-order valence-corrected chi connectivity index (χ4v) is 3.90. The molecule has 0 unspecified atom stereocenters. The smallest absolute Gasteiger partial charge is 0.351 e. The maximum absolute atomic E-state index is 13.6. The fraction of sp³-hybridized carbons (Fsp3) is 0.435. The third-order valence-electron chi connectivity index (χ3n) is 5.56. The van der Waals surface area contributed by atoms with Crippen LogP contribution in [0.25, 0.3) is 0 Å². The molecule has 1 saturated carbocycles. The number of hydrogen-bond acceptors (Lipinski definition) is 3. The van der Waals surface area contributed by atoms with Gasteiger partial charge in [0, 0.05) is 24.1 Å². The van der Waals surface area contributed by atoms with E-state index in [1.54, 1.807) is 12.1 Å². The van der Waals surface area contributed by atoms with Crippen LogP contribution in [0.4, 0.5) is 18.9 Å². The third-order valence-corrected chi connectivity index (χ3v) is 5.56. The van der Waals surface area contributed by atoms with Crippen molar-refractivity contribution in [3.05, 3.63) is 59.9 Å². The number of pyridine rings is 1. The van der Waals surface area contributed by atoms with Crippen LogP contribution in [0, 0.1) is 0 Å². The summed E-state index contributed by atoms with van der Waals surface area (Å²) in [7, 11) is 0. The average molecular weight is 433 g/mol. The number of benzene rings is 1. The molecule has 166 valence electrons. The Balaban J connectivity index is 2.05. The summed E-state index contributed by atoms with van der Waals surface area (Å²) in [4.78, 5) is 30.3. The molecule has 1 aliphatic rings. The van der Waals surface area contributed by atoms with Crippen molar-refractivity contribution in [3.8, 4) is 0 Å². The second-order valence-corrected chi connectivity index (χ2v) is 7.72. The lowest BCUT2D eigenvalue weighted by atomic mass is 9.94. The number of alkyl halides is 3. The zero-order valence-corrected chi connectivity index (χ0v) is 17.4. The molecular formula is C23H26F3N3O2. The van der Waals surface area contributed by atoms with Gasteiger partial charge in [-0.1, -0.05) is 38.3 Å². The van der Waals surface area contributed by atoms with Crippen molar-refractivity contribution in [1.82, 2.24) is 10.3 Å². The first-order valence-corrected chi connectivity index (χ1v) is 10.5. The van der Waals surface area contributed by atoms with E-state index in [1.807, 2.05) is 6.92 Å². The molecule has 0 radical (unpaired) electrons. The van der Waals surface area contributed by atoms with Crippen molar-refractivity contribution in [2.45, 2.75) is 63.7 Å². The molecule has 2 amide bonds. The number of rotatable bonds is 6. The van der Waals surface area contributed by atoms with Gasteiger partial charge in [0.15, 0.2) is 0 Å². The Labute approximate surface area is 179 Å². The normalized spacial score (nSPS) is 15.9. The number of anilines is 1. The van der Waals surface area contributed by atoms with E-state index >= 15 is 0 Å². The van der Waals surface area contributed by atoms with Crippen molar-refractivity contribution < 1.29 is 22.8 Å². The molecule has 2 aromatic rings. The number of aromatic nitrogens is 1. The third kappa shape index (κ3) is 5.62. The van der Waals surface area contributed by atoms with Crippen LogP contribution in [0.1, 0.15) is 56.2 Å². The van der Waals surface area contributed by atoms with Crippen molar-refractivity contribution in [2.24, 2.45) is 0 Å². The Morgan fingerprint density at radius 1 is 1.06 bits per heavy atom.